The van der Waals surface area contributed by atoms with Crippen molar-refractivity contribution in [3.05, 3.63) is 376 Å². The van der Waals surface area contributed by atoms with Crippen molar-refractivity contribution in [1.29, 1.82) is 0 Å². The van der Waals surface area contributed by atoms with Crippen molar-refractivity contribution in [2.45, 2.75) is 0 Å². The molecule has 4 heterocycles. The fourth-order valence-corrected chi connectivity index (χ4v) is 15.4. The Bertz CT molecular complexity index is 6460. The monoisotopic (exact) mass is 1250 g/mol. The lowest BCUT2D eigenvalue weighted by atomic mass is 10.0. The van der Waals surface area contributed by atoms with Gasteiger partial charge in [0, 0.05) is 65.5 Å². The summed E-state index contributed by atoms with van der Waals surface area (Å²) in [7, 11) is 0. The van der Waals surface area contributed by atoms with Crippen LogP contribution in [0, 0.1) is 0 Å². The molecule has 98 heavy (non-hydrogen) atoms. The van der Waals surface area contributed by atoms with E-state index in [4.69, 9.17) is 0 Å². The van der Waals surface area contributed by atoms with E-state index in [2.05, 4.69) is 394 Å². The van der Waals surface area contributed by atoms with Gasteiger partial charge < -0.3 is 18.3 Å². The first-order valence-corrected chi connectivity index (χ1v) is 33.7. The predicted octanol–water partition coefficient (Wildman–Crippen LogP) is 25.2. The lowest BCUT2D eigenvalue weighted by Crippen LogP contribution is -1.95. The van der Waals surface area contributed by atoms with Gasteiger partial charge in [0.15, 0.2) is 0 Å². The Kier molecular flexibility index (Phi) is 13.5. The first kappa shape index (κ1) is 56.5. The number of rotatable bonds is 9. The van der Waals surface area contributed by atoms with E-state index in [1.54, 1.807) is 0 Å². The number of nitrogens with zero attached hydrogens (tertiary/aromatic N) is 4. The van der Waals surface area contributed by atoms with Gasteiger partial charge in [-0.2, -0.15) is 0 Å². The van der Waals surface area contributed by atoms with Crippen LogP contribution in [0.2, 0.25) is 0 Å². The number of benzene rings is 16. The van der Waals surface area contributed by atoms with Gasteiger partial charge in [0.05, 0.1) is 49.8 Å². The van der Waals surface area contributed by atoms with Crippen molar-refractivity contribution in [1.82, 2.24) is 18.3 Å². The van der Waals surface area contributed by atoms with Crippen LogP contribution in [0.3, 0.4) is 0 Å². The third-order valence-corrected chi connectivity index (χ3v) is 20.0. The first-order chi connectivity index (χ1) is 48.6. The zero-order chi connectivity index (χ0) is 64.6. The summed E-state index contributed by atoms with van der Waals surface area (Å²) in [5, 5.41) is 12.6. The van der Waals surface area contributed by atoms with Crippen molar-refractivity contribution >= 4 is 98.0 Å². The first-order valence-electron chi connectivity index (χ1n) is 33.7. The highest BCUT2D eigenvalue weighted by atomic mass is 15.0. The SMILES string of the molecule is c1ccc(-c2ccc(-n3c4ccccc4c4cc(-c5ccc6c7ccccc7n(-c7cccc(-c8ccccc8)c7)c6c5)ccc43)cc2)cc1.c1ccc(-c2cccc(-n3c4ccccc4c4ccc(-c5ccc6c(c5)c5ccccc5n6-c5cccc6ccccc56)cc43)c2)cc1. The van der Waals surface area contributed by atoms with Crippen LogP contribution in [0.5, 0.6) is 0 Å². The number of aromatic nitrogens is 4. The molecule has 4 aromatic heterocycles. The number of hydrogen-bond acceptors (Lipinski definition) is 0. The Morgan fingerprint density at radius 1 is 0.133 bits per heavy atom. The average molecular weight is 1250 g/mol. The maximum Gasteiger partial charge on any atom is 0.0547 e. The molecule has 0 atom stereocenters. The predicted molar refractivity (Wildman–Crippen MR) is 415 cm³/mol. The summed E-state index contributed by atoms with van der Waals surface area (Å²) in [6, 6.07) is 137. The molecule has 4 nitrogen and oxygen atoms in total. The second-order valence-corrected chi connectivity index (χ2v) is 25.6. The summed E-state index contributed by atoms with van der Waals surface area (Å²) < 4.78 is 9.66. The topological polar surface area (TPSA) is 19.7 Å². The molecule has 0 aliphatic carbocycles. The highest BCUT2D eigenvalue weighted by Crippen LogP contribution is 2.43. The second kappa shape index (κ2) is 23.5. The molecule has 458 valence electrons. The molecule has 20 aromatic rings. The number of hydrogen-bond donors (Lipinski definition) is 0. The molecule has 20 rings (SSSR count). The molecule has 0 aliphatic rings. The standard InChI is InChI=1S/C48H32N2.C46H30N2/c1-3-12-33(13-4-1)35-22-26-39(27-23-35)49-46-21-10-8-19-42(46)44-31-37(25-29-47(44)49)38-24-28-43-41-18-7-9-20-45(41)50(48(43)32-38)40-17-11-16-36(30-40)34-14-5-2-6-15-34;1-2-12-31(13-3-1)33-16-10-17-36(28-33)47-43-21-8-6-19-38(43)40-26-24-35(30-46(40)47)34-25-27-45-41(29-34)39-20-7-9-22-44(39)48(45)42-23-11-15-32-14-4-5-18-37(32)42/h1-32H;1-30H. The molecule has 0 saturated carbocycles. The average Bonchev–Trinajstić information content (AvgIpc) is 1.60. The van der Waals surface area contributed by atoms with Crippen LogP contribution >= 0.6 is 0 Å². The van der Waals surface area contributed by atoms with Gasteiger partial charge in [0.25, 0.3) is 0 Å². The summed E-state index contributed by atoms with van der Waals surface area (Å²) in [6.45, 7) is 0. The molecule has 0 radical (unpaired) electrons. The van der Waals surface area contributed by atoms with Crippen molar-refractivity contribution in [2.75, 3.05) is 0 Å². The Balaban J connectivity index is 0.000000137. The van der Waals surface area contributed by atoms with Gasteiger partial charge in [-0.3, -0.25) is 0 Å². The summed E-state index contributed by atoms with van der Waals surface area (Å²) in [5.74, 6) is 0. The molecule has 0 N–H and O–H groups in total. The molecule has 0 fully saturated rings. The van der Waals surface area contributed by atoms with Gasteiger partial charge >= 0.3 is 0 Å². The smallest absolute Gasteiger partial charge is 0.0547 e. The summed E-state index contributed by atoms with van der Waals surface area (Å²) in [6.07, 6.45) is 0. The van der Waals surface area contributed by atoms with Gasteiger partial charge in [-0.1, -0.05) is 273 Å². The van der Waals surface area contributed by atoms with Crippen molar-refractivity contribution in [3.8, 4) is 78.4 Å². The van der Waals surface area contributed by atoms with Gasteiger partial charge in [-0.15, -0.1) is 0 Å². The van der Waals surface area contributed by atoms with E-state index in [0.717, 1.165) is 17.1 Å². The molecule has 4 heteroatoms. The molecule has 0 aliphatic heterocycles. The van der Waals surface area contributed by atoms with Crippen LogP contribution in [0.25, 0.3) is 176 Å². The largest absolute Gasteiger partial charge is 0.309 e. The third-order valence-electron chi connectivity index (χ3n) is 20.0. The molecular formula is C94H62N4. The van der Waals surface area contributed by atoms with Crippen LogP contribution < -0.4 is 0 Å². The number of fused-ring (bicyclic) bond motifs is 13. The zero-order valence-corrected chi connectivity index (χ0v) is 53.6. The summed E-state index contributed by atoms with van der Waals surface area (Å²) >= 11 is 0. The van der Waals surface area contributed by atoms with Gasteiger partial charge in [0.2, 0.25) is 0 Å². The maximum atomic E-state index is 2.43. The molecule has 16 aromatic carbocycles. The third kappa shape index (κ3) is 9.52. The zero-order valence-electron chi connectivity index (χ0n) is 53.6. The van der Waals surface area contributed by atoms with Crippen molar-refractivity contribution in [2.24, 2.45) is 0 Å². The lowest BCUT2D eigenvalue weighted by molar-refractivity contribution is 1.18. The van der Waals surface area contributed by atoms with E-state index in [0.29, 0.717) is 0 Å². The minimum atomic E-state index is 1.16. The van der Waals surface area contributed by atoms with Crippen LogP contribution in [-0.2, 0) is 0 Å². The summed E-state index contributed by atoms with van der Waals surface area (Å²) in [5.41, 5.74) is 26.5. The number of para-hydroxylation sites is 4. The maximum absolute atomic E-state index is 2.43. The van der Waals surface area contributed by atoms with Crippen LogP contribution in [0.1, 0.15) is 0 Å². The fourth-order valence-electron chi connectivity index (χ4n) is 15.4. The Morgan fingerprint density at radius 2 is 0.429 bits per heavy atom. The Labute approximate surface area is 567 Å². The van der Waals surface area contributed by atoms with Gasteiger partial charge in [-0.25, -0.2) is 0 Å². The van der Waals surface area contributed by atoms with E-state index in [1.807, 2.05) is 0 Å². The molecule has 0 saturated heterocycles. The van der Waals surface area contributed by atoms with Crippen LogP contribution in [0.15, 0.2) is 376 Å². The Morgan fingerprint density at radius 3 is 0.918 bits per heavy atom. The molecule has 0 amide bonds. The van der Waals surface area contributed by atoms with E-state index < -0.39 is 0 Å². The highest BCUT2D eigenvalue weighted by molar-refractivity contribution is 6.15. The lowest BCUT2D eigenvalue weighted by Gasteiger charge is -2.12. The molecule has 0 unspecified atom stereocenters. The minimum absolute atomic E-state index is 1.16. The minimum Gasteiger partial charge on any atom is -0.309 e. The summed E-state index contributed by atoms with van der Waals surface area (Å²) in [4.78, 5) is 0. The highest BCUT2D eigenvalue weighted by Gasteiger charge is 2.20. The van der Waals surface area contributed by atoms with Crippen molar-refractivity contribution in [3.63, 3.8) is 0 Å². The van der Waals surface area contributed by atoms with E-state index >= 15 is 0 Å². The van der Waals surface area contributed by atoms with Crippen LogP contribution in [0.4, 0.5) is 0 Å². The van der Waals surface area contributed by atoms with E-state index in [9.17, 15) is 0 Å². The van der Waals surface area contributed by atoms with Gasteiger partial charge in [0.1, 0.15) is 0 Å². The molecule has 0 bridgehead atoms. The second-order valence-electron chi connectivity index (χ2n) is 25.6. The van der Waals surface area contributed by atoms with E-state index in [-0.39, 0.29) is 0 Å². The molecular weight excluding hydrogens is 1190 g/mol. The molecule has 0 spiro atoms. The van der Waals surface area contributed by atoms with E-state index in [1.165, 1.54) is 159 Å². The Hall–Kier alpha value is -13.0. The fraction of sp³-hybridized carbons (Fsp3) is 0. The van der Waals surface area contributed by atoms with Gasteiger partial charge in [-0.05, 0) is 164 Å². The quantitative estimate of drug-likeness (QED) is 0.137. The normalized spacial score (nSPS) is 11.7. The van der Waals surface area contributed by atoms with Crippen LogP contribution in [-0.4, -0.2) is 18.3 Å². The van der Waals surface area contributed by atoms with Crippen molar-refractivity contribution < 1.29 is 0 Å².